The summed E-state index contributed by atoms with van der Waals surface area (Å²) < 4.78 is 5.68. The van der Waals surface area contributed by atoms with Crippen LogP contribution in [0.15, 0.2) is 77.8 Å². The number of hydrogen-bond acceptors (Lipinski definition) is 4. The SMILES string of the molecule is CCCCOCCN(C)C(C)=Nc1ccc2c(c1)[C@@H](NC(=O)C1(c3ccccc3)C=CC=CC1)[C@H](O)C2. The van der Waals surface area contributed by atoms with E-state index in [1.54, 1.807) is 0 Å². The monoisotopic (exact) mass is 501 g/mol. The fraction of sp³-hybridized carbons (Fsp3) is 0.419. The van der Waals surface area contributed by atoms with Gasteiger partial charge < -0.3 is 20.1 Å². The quantitative estimate of drug-likeness (QED) is 0.273. The lowest BCUT2D eigenvalue weighted by atomic mass is 9.74. The van der Waals surface area contributed by atoms with Crippen molar-refractivity contribution in [3.05, 3.63) is 89.5 Å². The number of rotatable bonds is 10. The minimum atomic E-state index is -0.799. The molecule has 4 rings (SSSR count). The Morgan fingerprint density at radius 3 is 2.73 bits per heavy atom. The number of amides is 1. The molecule has 2 aliphatic carbocycles. The number of nitrogens with one attached hydrogen (secondary N) is 1. The molecule has 6 heteroatoms. The Balaban J connectivity index is 1.50. The minimum Gasteiger partial charge on any atom is -0.390 e. The number of aliphatic hydroxyl groups is 1. The normalized spacial score (nSPS) is 22.6. The van der Waals surface area contributed by atoms with Crippen LogP contribution in [0.1, 0.15) is 55.8 Å². The highest BCUT2D eigenvalue weighted by Crippen LogP contribution is 2.38. The Morgan fingerprint density at radius 2 is 2.00 bits per heavy atom. The van der Waals surface area contributed by atoms with Crippen molar-refractivity contribution in [1.82, 2.24) is 10.2 Å². The number of allylic oxidation sites excluding steroid dienone is 3. The third-order valence-electron chi connectivity index (χ3n) is 7.38. The molecule has 0 heterocycles. The number of hydrogen-bond donors (Lipinski definition) is 2. The van der Waals surface area contributed by atoms with Crippen molar-refractivity contribution in [1.29, 1.82) is 0 Å². The summed E-state index contributed by atoms with van der Waals surface area (Å²) in [4.78, 5) is 20.7. The van der Waals surface area contributed by atoms with Gasteiger partial charge in [-0.25, -0.2) is 4.99 Å². The van der Waals surface area contributed by atoms with Gasteiger partial charge in [-0.15, -0.1) is 0 Å². The summed E-state index contributed by atoms with van der Waals surface area (Å²) in [5.41, 5.74) is 2.92. The molecule has 0 saturated heterocycles. The molecule has 1 unspecified atom stereocenters. The smallest absolute Gasteiger partial charge is 0.235 e. The third-order valence-corrected chi connectivity index (χ3v) is 7.38. The van der Waals surface area contributed by atoms with Crippen molar-refractivity contribution in [3.8, 4) is 0 Å². The lowest BCUT2D eigenvalue weighted by molar-refractivity contribution is -0.126. The first-order chi connectivity index (χ1) is 17.9. The molecule has 0 radical (unpaired) electrons. The van der Waals surface area contributed by atoms with Gasteiger partial charge in [0.2, 0.25) is 5.91 Å². The van der Waals surface area contributed by atoms with Crippen LogP contribution in [0.5, 0.6) is 0 Å². The summed E-state index contributed by atoms with van der Waals surface area (Å²) in [5, 5.41) is 14.1. The topological polar surface area (TPSA) is 74.2 Å². The van der Waals surface area contributed by atoms with Crippen LogP contribution < -0.4 is 5.32 Å². The Kier molecular flexibility index (Phi) is 8.95. The molecule has 0 aromatic heterocycles. The molecular weight excluding hydrogens is 462 g/mol. The number of nitrogens with zero attached hydrogens (tertiary/aromatic N) is 2. The molecule has 2 aromatic rings. The van der Waals surface area contributed by atoms with E-state index in [9.17, 15) is 9.90 Å². The maximum atomic E-state index is 13.8. The zero-order valence-electron chi connectivity index (χ0n) is 22.2. The second-order valence-corrected chi connectivity index (χ2v) is 9.98. The van der Waals surface area contributed by atoms with Crippen LogP contribution in [-0.4, -0.2) is 54.7 Å². The molecule has 196 valence electrons. The fourth-order valence-corrected chi connectivity index (χ4v) is 4.98. The Bertz CT molecular complexity index is 1160. The van der Waals surface area contributed by atoms with Gasteiger partial charge in [0, 0.05) is 26.6 Å². The van der Waals surface area contributed by atoms with Crippen LogP contribution in [-0.2, 0) is 21.4 Å². The second-order valence-electron chi connectivity index (χ2n) is 9.98. The van der Waals surface area contributed by atoms with Crippen molar-refractivity contribution in [2.75, 3.05) is 26.8 Å². The molecule has 0 aliphatic heterocycles. The molecule has 0 fully saturated rings. The predicted molar refractivity (Wildman–Crippen MR) is 149 cm³/mol. The van der Waals surface area contributed by atoms with E-state index in [-0.39, 0.29) is 5.91 Å². The highest BCUT2D eigenvalue weighted by atomic mass is 16.5. The number of unbranched alkanes of at least 4 members (excludes halogenated alkanes) is 1. The summed E-state index contributed by atoms with van der Waals surface area (Å²) >= 11 is 0. The van der Waals surface area contributed by atoms with Gasteiger partial charge in [0.25, 0.3) is 0 Å². The summed E-state index contributed by atoms with van der Waals surface area (Å²) in [6.45, 7) is 6.37. The van der Waals surface area contributed by atoms with E-state index in [4.69, 9.17) is 9.73 Å². The van der Waals surface area contributed by atoms with Gasteiger partial charge in [-0.2, -0.15) is 0 Å². The fourth-order valence-electron chi connectivity index (χ4n) is 4.98. The number of carbonyl (C=O) groups excluding carboxylic acids is 1. The van der Waals surface area contributed by atoms with Crippen molar-refractivity contribution in [2.24, 2.45) is 4.99 Å². The maximum Gasteiger partial charge on any atom is 0.235 e. The van der Waals surface area contributed by atoms with E-state index in [0.29, 0.717) is 19.4 Å². The van der Waals surface area contributed by atoms with Crippen LogP contribution in [0.4, 0.5) is 5.69 Å². The molecular formula is C31H39N3O3. The van der Waals surface area contributed by atoms with E-state index in [2.05, 4.69) is 17.1 Å². The van der Waals surface area contributed by atoms with Crippen LogP contribution in [0.3, 0.4) is 0 Å². The number of aliphatic imine (C=N–C) groups is 1. The Hall–Kier alpha value is -3.22. The highest BCUT2D eigenvalue weighted by molar-refractivity contribution is 5.91. The molecule has 2 N–H and O–H groups in total. The first kappa shape index (κ1) is 26.8. The number of aliphatic hydroxyl groups excluding tert-OH is 1. The lowest BCUT2D eigenvalue weighted by Crippen LogP contribution is -2.46. The molecule has 0 spiro atoms. The van der Waals surface area contributed by atoms with Crippen molar-refractivity contribution < 1.29 is 14.6 Å². The van der Waals surface area contributed by atoms with E-state index in [1.165, 1.54) is 0 Å². The van der Waals surface area contributed by atoms with Crippen LogP contribution in [0.2, 0.25) is 0 Å². The molecule has 2 aromatic carbocycles. The van der Waals surface area contributed by atoms with E-state index in [0.717, 1.165) is 54.2 Å². The minimum absolute atomic E-state index is 0.107. The van der Waals surface area contributed by atoms with Crippen LogP contribution >= 0.6 is 0 Å². The van der Waals surface area contributed by atoms with E-state index < -0.39 is 17.6 Å². The number of likely N-dealkylation sites (N-methyl/N-ethyl adjacent to an activating group) is 1. The molecule has 37 heavy (non-hydrogen) atoms. The third kappa shape index (κ3) is 6.20. The van der Waals surface area contributed by atoms with Gasteiger partial charge in [-0.1, -0.05) is 74.0 Å². The largest absolute Gasteiger partial charge is 0.390 e. The predicted octanol–water partition coefficient (Wildman–Crippen LogP) is 5.01. The number of ether oxygens (including phenoxy) is 1. The van der Waals surface area contributed by atoms with Gasteiger partial charge in [0.15, 0.2) is 0 Å². The van der Waals surface area contributed by atoms with Crippen LogP contribution in [0.25, 0.3) is 0 Å². The first-order valence-electron chi connectivity index (χ1n) is 13.3. The highest BCUT2D eigenvalue weighted by Gasteiger charge is 2.41. The van der Waals surface area contributed by atoms with Crippen LogP contribution in [0, 0.1) is 0 Å². The standard InChI is InChI=1S/C31H39N3O3/c1-4-5-19-37-20-18-34(3)23(2)32-26-15-14-24-21-28(35)29(27(24)22-26)33-30(36)31(16-10-7-11-17-31)25-12-8-6-9-13-25/h6-16,22,28-29,35H,4-5,17-21H2,1-3H3,(H,33,36)/t28-,29-,31?/m1/s1. The molecule has 3 atom stereocenters. The number of carbonyl (C=O) groups is 1. The average Bonchev–Trinajstić information content (AvgIpc) is 3.23. The van der Waals surface area contributed by atoms with Gasteiger partial charge >= 0.3 is 0 Å². The molecule has 1 amide bonds. The number of fused-ring (bicyclic) bond motifs is 1. The van der Waals surface area contributed by atoms with E-state index >= 15 is 0 Å². The summed E-state index contributed by atoms with van der Waals surface area (Å²) in [5.74, 6) is 0.782. The average molecular weight is 502 g/mol. The summed E-state index contributed by atoms with van der Waals surface area (Å²) in [6.07, 6.45) is 10.5. The molecule has 2 aliphatic rings. The first-order valence-corrected chi connectivity index (χ1v) is 13.3. The number of amidine groups is 1. The van der Waals surface area contributed by atoms with Gasteiger partial charge in [0.1, 0.15) is 5.84 Å². The molecule has 6 nitrogen and oxygen atoms in total. The van der Waals surface area contributed by atoms with Crippen molar-refractivity contribution in [3.63, 3.8) is 0 Å². The maximum absolute atomic E-state index is 13.8. The second kappa shape index (κ2) is 12.3. The van der Waals surface area contributed by atoms with Crippen molar-refractivity contribution >= 4 is 17.4 Å². The zero-order chi connectivity index (χ0) is 26.3. The summed E-state index contributed by atoms with van der Waals surface area (Å²) in [6, 6.07) is 15.3. The number of benzene rings is 2. The van der Waals surface area contributed by atoms with Gasteiger partial charge in [0.05, 0.1) is 29.9 Å². The summed E-state index contributed by atoms with van der Waals surface area (Å²) in [7, 11) is 2.01. The lowest BCUT2D eigenvalue weighted by Gasteiger charge is -2.32. The van der Waals surface area contributed by atoms with Gasteiger partial charge in [-0.05, 0) is 48.6 Å². The van der Waals surface area contributed by atoms with Crippen molar-refractivity contribution in [2.45, 2.75) is 57.1 Å². The van der Waals surface area contributed by atoms with E-state index in [1.807, 2.05) is 86.8 Å². The Morgan fingerprint density at radius 1 is 1.19 bits per heavy atom. The zero-order valence-corrected chi connectivity index (χ0v) is 22.2. The molecule has 0 bridgehead atoms. The Labute approximate surface area is 220 Å². The van der Waals surface area contributed by atoms with Gasteiger partial charge in [-0.3, -0.25) is 4.79 Å². The molecule has 0 saturated carbocycles.